The summed E-state index contributed by atoms with van der Waals surface area (Å²) in [6, 6.07) is 8.01. The van der Waals surface area contributed by atoms with Gasteiger partial charge in [0, 0.05) is 6.54 Å². The molecule has 1 heterocycles. The molecule has 2 N–H and O–H groups in total. The van der Waals surface area contributed by atoms with Gasteiger partial charge >= 0.3 is 0 Å². The summed E-state index contributed by atoms with van der Waals surface area (Å²) in [5, 5.41) is 0. The van der Waals surface area contributed by atoms with Gasteiger partial charge in [-0.15, -0.1) is 0 Å². The van der Waals surface area contributed by atoms with Crippen LogP contribution in [0, 0.1) is 6.92 Å². The van der Waals surface area contributed by atoms with Crippen molar-refractivity contribution in [1.82, 2.24) is 9.36 Å². The van der Waals surface area contributed by atoms with Crippen molar-refractivity contribution in [1.29, 1.82) is 0 Å². The van der Waals surface area contributed by atoms with Gasteiger partial charge in [-0.2, -0.15) is 0 Å². The summed E-state index contributed by atoms with van der Waals surface area (Å²) < 4.78 is 3.54. The first kappa shape index (κ1) is 12.5. The molecule has 0 saturated carbocycles. The Kier molecular flexibility index (Phi) is 3.28. The molecule has 0 spiro atoms. The second-order valence-corrected chi connectivity index (χ2v) is 4.35. The number of nitrogen functional groups attached to an aromatic ring is 1. The summed E-state index contributed by atoms with van der Waals surface area (Å²) in [6.45, 7) is 6.70. The number of aromatic nitrogens is 2. The molecule has 4 heteroatoms. The Balaban J connectivity index is 2.62. The van der Waals surface area contributed by atoms with Gasteiger partial charge in [0.05, 0.1) is 11.4 Å². The first-order valence-electron chi connectivity index (χ1n) is 6.27. The highest BCUT2D eigenvalue weighted by Crippen LogP contribution is 2.13. The Morgan fingerprint density at radius 3 is 2.28 bits per heavy atom. The Morgan fingerprint density at radius 1 is 1.17 bits per heavy atom. The van der Waals surface area contributed by atoms with Crippen LogP contribution in [0.2, 0.25) is 0 Å². The first-order chi connectivity index (χ1) is 8.60. The molecule has 0 unspecified atom stereocenters. The molecule has 4 nitrogen and oxygen atoms in total. The summed E-state index contributed by atoms with van der Waals surface area (Å²) in [7, 11) is 0. The van der Waals surface area contributed by atoms with Crippen LogP contribution >= 0.6 is 0 Å². The second kappa shape index (κ2) is 4.72. The molecule has 0 aliphatic heterocycles. The molecule has 1 aromatic carbocycles. The lowest BCUT2D eigenvalue weighted by Gasteiger charge is -2.11. The third-order valence-corrected chi connectivity index (χ3v) is 3.33. The smallest absolute Gasteiger partial charge is 0.294 e. The van der Waals surface area contributed by atoms with E-state index in [0.717, 1.165) is 17.8 Å². The monoisotopic (exact) mass is 245 g/mol. The summed E-state index contributed by atoms with van der Waals surface area (Å²) in [4.78, 5) is 12.1. The molecule has 2 rings (SSSR count). The van der Waals surface area contributed by atoms with E-state index in [4.69, 9.17) is 5.73 Å². The van der Waals surface area contributed by atoms with Crippen molar-refractivity contribution in [3.05, 3.63) is 45.9 Å². The molecule has 0 amide bonds. The van der Waals surface area contributed by atoms with Crippen molar-refractivity contribution in [2.24, 2.45) is 0 Å². The van der Waals surface area contributed by atoms with Crippen molar-refractivity contribution >= 4 is 5.69 Å². The van der Waals surface area contributed by atoms with Gasteiger partial charge in [-0.1, -0.05) is 19.1 Å². The van der Waals surface area contributed by atoms with Crippen molar-refractivity contribution in [3.63, 3.8) is 0 Å². The fourth-order valence-electron chi connectivity index (χ4n) is 2.18. The SMILES string of the molecule is CCc1ccc(-n2c(=O)c(N)c(C)n2CC)cc1. The largest absolute Gasteiger partial charge is 0.393 e. The number of hydrogen-bond donors (Lipinski definition) is 1. The fraction of sp³-hybridized carbons (Fsp3) is 0.357. The molecule has 0 bridgehead atoms. The molecule has 0 fully saturated rings. The molecule has 0 radical (unpaired) electrons. The van der Waals surface area contributed by atoms with E-state index in [1.807, 2.05) is 42.8 Å². The molecule has 0 saturated heterocycles. The van der Waals surface area contributed by atoms with E-state index in [1.165, 1.54) is 5.56 Å². The lowest BCUT2D eigenvalue weighted by atomic mass is 10.1. The highest BCUT2D eigenvalue weighted by Gasteiger charge is 2.14. The van der Waals surface area contributed by atoms with E-state index < -0.39 is 0 Å². The van der Waals surface area contributed by atoms with Gasteiger partial charge in [-0.05, 0) is 38.0 Å². The van der Waals surface area contributed by atoms with Crippen LogP contribution in [0.5, 0.6) is 0 Å². The summed E-state index contributed by atoms with van der Waals surface area (Å²) in [6.07, 6.45) is 0.991. The van der Waals surface area contributed by atoms with Crippen molar-refractivity contribution in [2.45, 2.75) is 33.7 Å². The van der Waals surface area contributed by atoms with E-state index in [9.17, 15) is 4.79 Å². The zero-order chi connectivity index (χ0) is 13.3. The third-order valence-electron chi connectivity index (χ3n) is 3.33. The van der Waals surface area contributed by atoms with Gasteiger partial charge in [0.2, 0.25) is 0 Å². The standard InChI is InChI=1S/C14H19N3O/c1-4-11-6-8-12(9-7-11)17-14(18)13(15)10(3)16(17)5-2/h6-9H,4-5,15H2,1-3H3. The van der Waals surface area contributed by atoms with Crippen LogP contribution in [0.3, 0.4) is 0 Å². The topological polar surface area (TPSA) is 52.9 Å². The summed E-state index contributed by atoms with van der Waals surface area (Å²) in [5.74, 6) is 0. The highest BCUT2D eigenvalue weighted by molar-refractivity contribution is 5.45. The van der Waals surface area contributed by atoms with Gasteiger partial charge < -0.3 is 5.73 Å². The maximum atomic E-state index is 12.1. The van der Waals surface area contributed by atoms with Gasteiger partial charge in [0.15, 0.2) is 0 Å². The van der Waals surface area contributed by atoms with Crippen LogP contribution in [0.15, 0.2) is 29.1 Å². The zero-order valence-electron chi connectivity index (χ0n) is 11.1. The Hall–Kier alpha value is -1.97. The summed E-state index contributed by atoms with van der Waals surface area (Å²) in [5.41, 5.74) is 8.95. The van der Waals surface area contributed by atoms with Crippen LogP contribution in [0.25, 0.3) is 5.69 Å². The number of rotatable bonds is 3. The molecule has 0 aliphatic rings. The predicted molar refractivity (Wildman–Crippen MR) is 74.2 cm³/mol. The number of benzene rings is 1. The number of nitrogens with two attached hydrogens (primary N) is 1. The Morgan fingerprint density at radius 2 is 1.78 bits per heavy atom. The lowest BCUT2D eigenvalue weighted by molar-refractivity contribution is 0.559. The minimum absolute atomic E-state index is 0.140. The van der Waals surface area contributed by atoms with Gasteiger partial charge in [-0.3, -0.25) is 9.48 Å². The van der Waals surface area contributed by atoms with Crippen molar-refractivity contribution in [3.8, 4) is 5.69 Å². The van der Waals surface area contributed by atoms with E-state index in [0.29, 0.717) is 12.2 Å². The predicted octanol–water partition coefficient (Wildman–Crippen LogP) is 2.11. The van der Waals surface area contributed by atoms with Gasteiger partial charge in [0.1, 0.15) is 5.69 Å². The molecular weight excluding hydrogens is 226 g/mol. The van der Waals surface area contributed by atoms with E-state index in [2.05, 4.69) is 6.92 Å². The molecule has 96 valence electrons. The molecule has 0 atom stereocenters. The van der Waals surface area contributed by atoms with Crippen LogP contribution in [0.4, 0.5) is 5.69 Å². The van der Waals surface area contributed by atoms with Crippen LogP contribution in [-0.2, 0) is 13.0 Å². The second-order valence-electron chi connectivity index (χ2n) is 4.35. The number of nitrogens with zero attached hydrogens (tertiary/aromatic N) is 2. The number of aryl methyl sites for hydroxylation is 1. The number of hydrogen-bond acceptors (Lipinski definition) is 2. The van der Waals surface area contributed by atoms with Crippen LogP contribution < -0.4 is 11.3 Å². The Bertz CT molecular complexity index is 605. The maximum absolute atomic E-state index is 12.1. The van der Waals surface area contributed by atoms with Crippen molar-refractivity contribution < 1.29 is 0 Å². The maximum Gasteiger partial charge on any atom is 0.294 e. The average Bonchev–Trinajstić information content (AvgIpc) is 2.63. The van der Waals surface area contributed by atoms with E-state index >= 15 is 0 Å². The normalized spacial score (nSPS) is 10.8. The first-order valence-corrected chi connectivity index (χ1v) is 6.27. The van der Waals surface area contributed by atoms with Gasteiger partial charge in [0.25, 0.3) is 5.56 Å². The minimum Gasteiger partial charge on any atom is -0.393 e. The molecule has 1 aromatic heterocycles. The van der Waals surface area contributed by atoms with E-state index in [-0.39, 0.29) is 5.56 Å². The molecule has 0 aliphatic carbocycles. The minimum atomic E-state index is -0.140. The highest BCUT2D eigenvalue weighted by atomic mass is 16.1. The average molecular weight is 245 g/mol. The number of anilines is 1. The fourth-order valence-corrected chi connectivity index (χ4v) is 2.18. The molecule has 18 heavy (non-hydrogen) atoms. The molecule has 2 aromatic rings. The quantitative estimate of drug-likeness (QED) is 0.900. The van der Waals surface area contributed by atoms with E-state index in [1.54, 1.807) is 4.68 Å². The Labute approximate surface area is 107 Å². The third kappa shape index (κ3) is 1.83. The zero-order valence-corrected chi connectivity index (χ0v) is 11.1. The van der Waals surface area contributed by atoms with Gasteiger partial charge in [-0.25, -0.2) is 4.68 Å². The molecular formula is C14H19N3O. The summed E-state index contributed by atoms with van der Waals surface area (Å²) >= 11 is 0. The lowest BCUT2D eigenvalue weighted by Crippen LogP contribution is -2.21. The van der Waals surface area contributed by atoms with Crippen LogP contribution in [-0.4, -0.2) is 9.36 Å². The van der Waals surface area contributed by atoms with Crippen LogP contribution in [0.1, 0.15) is 25.1 Å². The van der Waals surface area contributed by atoms with Crippen molar-refractivity contribution in [2.75, 3.05) is 5.73 Å².